The summed E-state index contributed by atoms with van der Waals surface area (Å²) in [6.07, 6.45) is 1.23. The Balaban J connectivity index is 2.18. The fourth-order valence-electron chi connectivity index (χ4n) is 3.22. The van der Waals surface area contributed by atoms with E-state index in [0.717, 1.165) is 38.8 Å². The van der Waals surface area contributed by atoms with Crippen LogP contribution in [0.15, 0.2) is 47.4 Å². The van der Waals surface area contributed by atoms with Crippen molar-refractivity contribution in [2.24, 2.45) is 0 Å². The van der Waals surface area contributed by atoms with Gasteiger partial charge in [0, 0.05) is 26.4 Å². The number of fused-ring (bicyclic) bond motifs is 2. The number of ether oxygens (including phenoxy) is 2. The van der Waals surface area contributed by atoms with Crippen LogP contribution in [0.4, 0.5) is 0 Å². The largest absolute Gasteiger partial charge is 0.490 e. The summed E-state index contributed by atoms with van der Waals surface area (Å²) in [5.41, 5.74) is 0. The first kappa shape index (κ1) is 21.8. The second-order valence-electron chi connectivity index (χ2n) is 7.43. The summed E-state index contributed by atoms with van der Waals surface area (Å²) in [5, 5.41) is 23.3. The zero-order chi connectivity index (χ0) is 20.8. The minimum Gasteiger partial charge on any atom is -0.490 e. The van der Waals surface area contributed by atoms with Gasteiger partial charge in [0.25, 0.3) is 0 Å². The van der Waals surface area contributed by atoms with E-state index >= 15 is 0 Å². The molecule has 0 amide bonds. The van der Waals surface area contributed by atoms with E-state index in [1.807, 2.05) is 36.0 Å². The van der Waals surface area contributed by atoms with Crippen LogP contribution in [-0.2, 0) is 0 Å². The second kappa shape index (κ2) is 10.2. The first-order chi connectivity index (χ1) is 14.0. The maximum atomic E-state index is 9.77. The van der Waals surface area contributed by atoms with E-state index in [0.29, 0.717) is 0 Å². The standard InChI is InChI=1S/C24H30O4S/c1-4-5-12-29-18-10-11-21-22(13-18)24(28-15-17(3)26)20-9-7-6-8-19(20)23(21)27-14-16(2)25/h6-11,13,16-17,25-26H,4-5,12,14-15H2,1-3H3. The van der Waals surface area contributed by atoms with E-state index in [9.17, 15) is 10.2 Å². The molecule has 2 atom stereocenters. The first-order valence-electron chi connectivity index (χ1n) is 10.2. The van der Waals surface area contributed by atoms with Crippen LogP contribution in [0.5, 0.6) is 11.5 Å². The van der Waals surface area contributed by atoms with Gasteiger partial charge in [-0.15, -0.1) is 11.8 Å². The summed E-state index contributed by atoms with van der Waals surface area (Å²) in [6.45, 7) is 6.07. The highest BCUT2D eigenvalue weighted by Crippen LogP contribution is 2.44. The summed E-state index contributed by atoms with van der Waals surface area (Å²) in [6, 6.07) is 14.3. The molecule has 0 aromatic heterocycles. The number of thioether (sulfide) groups is 1. The molecule has 3 aromatic rings. The van der Waals surface area contributed by atoms with Gasteiger partial charge in [-0.3, -0.25) is 0 Å². The van der Waals surface area contributed by atoms with Gasteiger partial charge in [0.15, 0.2) is 0 Å². The summed E-state index contributed by atoms with van der Waals surface area (Å²) in [5.74, 6) is 2.59. The minimum atomic E-state index is -0.558. The summed E-state index contributed by atoms with van der Waals surface area (Å²) in [7, 11) is 0. The lowest BCUT2D eigenvalue weighted by Crippen LogP contribution is -2.14. The van der Waals surface area contributed by atoms with Crippen molar-refractivity contribution in [1.82, 2.24) is 0 Å². The fourth-order valence-corrected chi connectivity index (χ4v) is 4.26. The molecular formula is C24H30O4S. The van der Waals surface area contributed by atoms with Gasteiger partial charge in [-0.05, 0) is 44.2 Å². The van der Waals surface area contributed by atoms with Crippen molar-refractivity contribution in [1.29, 1.82) is 0 Å². The molecule has 3 aromatic carbocycles. The quantitative estimate of drug-likeness (QED) is 0.264. The van der Waals surface area contributed by atoms with Crippen molar-refractivity contribution in [2.75, 3.05) is 19.0 Å². The van der Waals surface area contributed by atoms with Crippen molar-refractivity contribution in [2.45, 2.75) is 50.7 Å². The van der Waals surface area contributed by atoms with E-state index in [1.165, 1.54) is 17.7 Å². The van der Waals surface area contributed by atoms with Gasteiger partial charge in [-0.2, -0.15) is 0 Å². The SMILES string of the molecule is CCCCSc1ccc2c(OCC(C)O)c3ccccc3c(OCC(C)O)c2c1. The molecule has 156 valence electrons. The van der Waals surface area contributed by atoms with Gasteiger partial charge in [-0.1, -0.05) is 37.6 Å². The highest BCUT2D eigenvalue weighted by Gasteiger charge is 2.17. The Hall–Kier alpha value is -1.95. The number of rotatable bonds is 10. The molecule has 0 bridgehead atoms. The molecule has 0 spiro atoms. The molecule has 4 nitrogen and oxygen atoms in total. The number of hydrogen-bond acceptors (Lipinski definition) is 5. The maximum absolute atomic E-state index is 9.77. The van der Waals surface area contributed by atoms with Crippen LogP contribution >= 0.6 is 11.8 Å². The highest BCUT2D eigenvalue weighted by atomic mass is 32.2. The van der Waals surface area contributed by atoms with Gasteiger partial charge in [-0.25, -0.2) is 0 Å². The number of aliphatic hydroxyl groups is 2. The number of benzene rings is 3. The average molecular weight is 415 g/mol. The Kier molecular flexibility index (Phi) is 7.64. The Morgan fingerprint density at radius 2 is 1.38 bits per heavy atom. The van der Waals surface area contributed by atoms with E-state index in [4.69, 9.17) is 9.47 Å². The van der Waals surface area contributed by atoms with E-state index in [2.05, 4.69) is 25.1 Å². The van der Waals surface area contributed by atoms with Crippen LogP contribution in [0.25, 0.3) is 21.5 Å². The molecule has 0 saturated heterocycles. The average Bonchev–Trinajstić information content (AvgIpc) is 2.70. The number of unbranched alkanes of at least 4 members (excludes halogenated alkanes) is 1. The van der Waals surface area contributed by atoms with Gasteiger partial charge in [0.1, 0.15) is 24.7 Å². The number of hydrogen-bond donors (Lipinski definition) is 2. The summed E-state index contributed by atoms with van der Waals surface area (Å²) < 4.78 is 12.1. The monoisotopic (exact) mass is 414 g/mol. The van der Waals surface area contributed by atoms with Crippen molar-refractivity contribution >= 4 is 33.3 Å². The molecule has 0 heterocycles. The van der Waals surface area contributed by atoms with Crippen molar-refractivity contribution in [3.05, 3.63) is 42.5 Å². The lowest BCUT2D eigenvalue weighted by atomic mass is 10.0. The number of aliphatic hydroxyl groups excluding tert-OH is 2. The summed E-state index contributed by atoms with van der Waals surface area (Å²) in [4.78, 5) is 1.18. The lowest BCUT2D eigenvalue weighted by molar-refractivity contribution is 0.123. The normalized spacial score (nSPS) is 13.6. The Bertz CT molecular complexity index is 952. The molecule has 0 aliphatic rings. The molecule has 0 saturated carbocycles. The molecular weight excluding hydrogens is 384 g/mol. The van der Waals surface area contributed by atoms with Crippen LogP contribution in [0.3, 0.4) is 0 Å². The van der Waals surface area contributed by atoms with Gasteiger partial charge in [0.05, 0.1) is 12.2 Å². The zero-order valence-electron chi connectivity index (χ0n) is 17.4. The predicted molar refractivity (Wildman–Crippen MR) is 121 cm³/mol. The third kappa shape index (κ3) is 5.35. The van der Waals surface area contributed by atoms with Crippen LogP contribution in [0.2, 0.25) is 0 Å². The van der Waals surface area contributed by atoms with Gasteiger partial charge < -0.3 is 19.7 Å². The Labute approximate surface area is 176 Å². The molecule has 0 aliphatic carbocycles. The molecule has 0 radical (unpaired) electrons. The smallest absolute Gasteiger partial charge is 0.135 e. The Morgan fingerprint density at radius 1 is 0.828 bits per heavy atom. The molecule has 2 unspecified atom stereocenters. The first-order valence-corrected chi connectivity index (χ1v) is 11.2. The second-order valence-corrected chi connectivity index (χ2v) is 8.60. The van der Waals surface area contributed by atoms with Crippen LogP contribution in [0.1, 0.15) is 33.6 Å². The van der Waals surface area contributed by atoms with Crippen molar-refractivity contribution in [3.8, 4) is 11.5 Å². The Morgan fingerprint density at radius 3 is 1.93 bits per heavy atom. The highest BCUT2D eigenvalue weighted by molar-refractivity contribution is 7.99. The van der Waals surface area contributed by atoms with Crippen molar-refractivity contribution < 1.29 is 19.7 Å². The van der Waals surface area contributed by atoms with Crippen molar-refractivity contribution in [3.63, 3.8) is 0 Å². The van der Waals surface area contributed by atoms with E-state index in [1.54, 1.807) is 13.8 Å². The molecule has 2 N–H and O–H groups in total. The third-order valence-electron chi connectivity index (χ3n) is 4.60. The third-order valence-corrected chi connectivity index (χ3v) is 5.68. The van der Waals surface area contributed by atoms with Crippen LogP contribution in [0, 0.1) is 0 Å². The zero-order valence-corrected chi connectivity index (χ0v) is 18.2. The topological polar surface area (TPSA) is 58.9 Å². The predicted octanol–water partition coefficient (Wildman–Crippen LogP) is 5.40. The van der Waals surface area contributed by atoms with E-state index in [-0.39, 0.29) is 13.2 Å². The van der Waals surface area contributed by atoms with Crippen LogP contribution in [-0.4, -0.2) is 41.4 Å². The maximum Gasteiger partial charge on any atom is 0.135 e. The van der Waals surface area contributed by atoms with Gasteiger partial charge in [0.2, 0.25) is 0 Å². The summed E-state index contributed by atoms with van der Waals surface area (Å²) >= 11 is 1.84. The lowest BCUT2D eigenvalue weighted by Gasteiger charge is -2.19. The van der Waals surface area contributed by atoms with Gasteiger partial charge >= 0.3 is 0 Å². The molecule has 0 aliphatic heterocycles. The van der Waals surface area contributed by atoms with Crippen LogP contribution < -0.4 is 9.47 Å². The van der Waals surface area contributed by atoms with E-state index < -0.39 is 12.2 Å². The fraction of sp³-hybridized carbons (Fsp3) is 0.417. The molecule has 3 rings (SSSR count). The molecule has 0 fully saturated rings. The molecule has 5 heteroatoms. The minimum absolute atomic E-state index is 0.222. The molecule has 29 heavy (non-hydrogen) atoms.